The minimum Gasteiger partial charge on any atom is -0.369 e. The van der Waals surface area contributed by atoms with Crippen LogP contribution in [-0.4, -0.2) is 5.60 Å². The maximum absolute atomic E-state index is 6.08. The molecule has 3 rings (SSSR count). The second kappa shape index (κ2) is 2.85. The predicted molar refractivity (Wildman–Crippen MR) is 60.9 cm³/mol. The second-order valence-corrected chi connectivity index (χ2v) is 5.36. The first-order valence-electron chi connectivity index (χ1n) is 5.87. The Kier molecular flexibility index (Phi) is 1.79. The molecule has 1 heterocycles. The highest BCUT2D eigenvalue weighted by Gasteiger charge is 2.60. The number of hydrogen-bond acceptors (Lipinski definition) is 1. The average molecular weight is 202 g/mol. The van der Waals surface area contributed by atoms with Crippen molar-refractivity contribution in [2.75, 3.05) is 0 Å². The Labute approximate surface area is 91.5 Å². The lowest BCUT2D eigenvalue weighted by molar-refractivity contribution is -0.0239. The van der Waals surface area contributed by atoms with E-state index in [1.54, 1.807) is 5.56 Å². The van der Waals surface area contributed by atoms with Crippen LogP contribution in [0.4, 0.5) is 0 Å². The highest BCUT2D eigenvalue weighted by Crippen LogP contribution is 2.61. The largest absolute Gasteiger partial charge is 0.369 e. The summed E-state index contributed by atoms with van der Waals surface area (Å²) in [6, 6.07) is 6.81. The number of benzene rings is 1. The lowest BCUT2D eigenvalue weighted by Gasteiger charge is -2.28. The first-order valence-corrected chi connectivity index (χ1v) is 5.87. The minimum absolute atomic E-state index is 0.183. The summed E-state index contributed by atoms with van der Waals surface area (Å²) < 4.78 is 6.08. The Morgan fingerprint density at radius 1 is 1.40 bits per heavy atom. The van der Waals surface area contributed by atoms with Crippen LogP contribution in [0.25, 0.3) is 0 Å². The van der Waals surface area contributed by atoms with Gasteiger partial charge < -0.3 is 4.74 Å². The summed E-state index contributed by atoms with van der Waals surface area (Å²) in [6.07, 6.45) is 1.22. The Balaban J connectivity index is 2.01. The summed E-state index contributed by atoms with van der Waals surface area (Å²) in [5, 5.41) is 0. The smallest absolute Gasteiger partial charge is 0.0786 e. The molecule has 1 aromatic rings. The zero-order valence-corrected chi connectivity index (χ0v) is 9.71. The molecule has 1 saturated carbocycles. The van der Waals surface area contributed by atoms with Crippen molar-refractivity contribution < 1.29 is 4.74 Å². The molecule has 0 N–H and O–H groups in total. The first-order chi connectivity index (χ1) is 7.13. The SMILES string of the molecule is Cc1ccc2c(c1)CO[C@@]1(C(C)C)CC21. The number of rotatable bonds is 1. The zero-order chi connectivity index (χ0) is 10.6. The van der Waals surface area contributed by atoms with Gasteiger partial charge in [-0.15, -0.1) is 0 Å². The lowest BCUT2D eigenvalue weighted by Crippen LogP contribution is -2.27. The van der Waals surface area contributed by atoms with Crippen LogP contribution in [0.5, 0.6) is 0 Å². The molecule has 0 bridgehead atoms. The van der Waals surface area contributed by atoms with Gasteiger partial charge >= 0.3 is 0 Å². The molecular weight excluding hydrogens is 184 g/mol. The van der Waals surface area contributed by atoms with E-state index in [1.165, 1.54) is 17.5 Å². The molecule has 1 heteroatoms. The number of hydrogen-bond donors (Lipinski definition) is 0. The molecule has 1 aliphatic carbocycles. The van der Waals surface area contributed by atoms with Crippen molar-refractivity contribution in [2.45, 2.75) is 45.3 Å². The van der Waals surface area contributed by atoms with Crippen molar-refractivity contribution in [1.82, 2.24) is 0 Å². The molecule has 1 aromatic carbocycles. The van der Waals surface area contributed by atoms with Crippen LogP contribution in [-0.2, 0) is 11.3 Å². The maximum atomic E-state index is 6.08. The van der Waals surface area contributed by atoms with Crippen LogP contribution >= 0.6 is 0 Å². The summed E-state index contributed by atoms with van der Waals surface area (Å²) in [6.45, 7) is 7.52. The molecule has 1 unspecified atom stereocenters. The molecule has 1 fully saturated rings. The second-order valence-electron chi connectivity index (χ2n) is 5.36. The highest BCUT2D eigenvalue weighted by atomic mass is 16.5. The van der Waals surface area contributed by atoms with Crippen LogP contribution in [0.3, 0.4) is 0 Å². The van der Waals surface area contributed by atoms with E-state index in [0.29, 0.717) is 11.8 Å². The highest BCUT2D eigenvalue weighted by molar-refractivity contribution is 5.42. The average Bonchev–Trinajstić information content (AvgIpc) is 2.93. The fourth-order valence-electron chi connectivity index (χ4n) is 3.01. The van der Waals surface area contributed by atoms with Gasteiger partial charge in [0.25, 0.3) is 0 Å². The third-order valence-electron chi connectivity index (χ3n) is 4.10. The van der Waals surface area contributed by atoms with Crippen molar-refractivity contribution in [2.24, 2.45) is 5.92 Å². The van der Waals surface area contributed by atoms with Gasteiger partial charge in [-0.1, -0.05) is 37.6 Å². The fourth-order valence-corrected chi connectivity index (χ4v) is 3.01. The van der Waals surface area contributed by atoms with Gasteiger partial charge in [-0.3, -0.25) is 0 Å². The van der Waals surface area contributed by atoms with Crippen LogP contribution in [0, 0.1) is 12.8 Å². The standard InChI is InChI=1S/C14H18O/c1-9(2)14-7-13(14)12-5-4-10(3)6-11(12)8-15-14/h4-6,9,13H,7-8H2,1-3H3/t13?,14-/m1/s1. The summed E-state index contributed by atoms with van der Waals surface area (Å²) in [4.78, 5) is 0. The van der Waals surface area contributed by atoms with Gasteiger partial charge in [0.1, 0.15) is 0 Å². The van der Waals surface area contributed by atoms with Crippen molar-refractivity contribution >= 4 is 0 Å². The van der Waals surface area contributed by atoms with E-state index in [4.69, 9.17) is 4.74 Å². The third-order valence-corrected chi connectivity index (χ3v) is 4.10. The minimum atomic E-state index is 0.183. The Morgan fingerprint density at radius 2 is 2.20 bits per heavy atom. The fraction of sp³-hybridized carbons (Fsp3) is 0.571. The molecule has 0 radical (unpaired) electrons. The predicted octanol–water partition coefficient (Wildman–Crippen LogP) is 3.41. The van der Waals surface area contributed by atoms with E-state index in [1.807, 2.05) is 0 Å². The van der Waals surface area contributed by atoms with Crippen LogP contribution in [0.15, 0.2) is 18.2 Å². The lowest BCUT2D eigenvalue weighted by atomic mass is 9.92. The van der Waals surface area contributed by atoms with E-state index < -0.39 is 0 Å². The molecule has 0 saturated heterocycles. The van der Waals surface area contributed by atoms with Crippen LogP contribution in [0.1, 0.15) is 42.9 Å². The quantitative estimate of drug-likeness (QED) is 0.678. The van der Waals surface area contributed by atoms with Crippen molar-refractivity contribution in [1.29, 1.82) is 0 Å². The first kappa shape index (κ1) is 9.41. The van der Waals surface area contributed by atoms with Crippen molar-refractivity contribution in [3.05, 3.63) is 34.9 Å². The van der Waals surface area contributed by atoms with Gasteiger partial charge in [-0.2, -0.15) is 0 Å². The van der Waals surface area contributed by atoms with Crippen LogP contribution in [0.2, 0.25) is 0 Å². The normalized spacial score (nSPS) is 32.4. The Bertz CT molecular complexity index is 408. The van der Waals surface area contributed by atoms with E-state index in [-0.39, 0.29) is 5.60 Å². The van der Waals surface area contributed by atoms with E-state index >= 15 is 0 Å². The summed E-state index contributed by atoms with van der Waals surface area (Å²) >= 11 is 0. The van der Waals surface area contributed by atoms with Crippen molar-refractivity contribution in [3.63, 3.8) is 0 Å². The molecular formula is C14H18O. The zero-order valence-electron chi connectivity index (χ0n) is 9.71. The molecule has 1 nitrogen and oxygen atoms in total. The summed E-state index contributed by atoms with van der Waals surface area (Å²) in [7, 11) is 0. The topological polar surface area (TPSA) is 9.23 Å². The molecule has 0 aromatic heterocycles. The van der Waals surface area contributed by atoms with Gasteiger partial charge in [0.05, 0.1) is 12.2 Å². The van der Waals surface area contributed by atoms with Gasteiger partial charge in [-0.05, 0) is 30.4 Å². The summed E-state index contributed by atoms with van der Waals surface area (Å²) in [5.74, 6) is 1.30. The monoisotopic (exact) mass is 202 g/mol. The van der Waals surface area contributed by atoms with E-state index in [0.717, 1.165) is 6.61 Å². The molecule has 80 valence electrons. The number of fused-ring (bicyclic) bond motifs is 3. The molecule has 2 aliphatic rings. The van der Waals surface area contributed by atoms with E-state index in [9.17, 15) is 0 Å². The van der Waals surface area contributed by atoms with Gasteiger partial charge in [-0.25, -0.2) is 0 Å². The van der Waals surface area contributed by atoms with Gasteiger partial charge in [0, 0.05) is 5.92 Å². The number of ether oxygens (including phenoxy) is 1. The molecule has 0 amide bonds. The molecule has 0 spiro atoms. The third kappa shape index (κ3) is 1.19. The van der Waals surface area contributed by atoms with Crippen molar-refractivity contribution in [3.8, 4) is 0 Å². The van der Waals surface area contributed by atoms with Gasteiger partial charge in [0.15, 0.2) is 0 Å². The Hall–Kier alpha value is -0.820. The molecule has 15 heavy (non-hydrogen) atoms. The van der Waals surface area contributed by atoms with E-state index in [2.05, 4.69) is 39.0 Å². The van der Waals surface area contributed by atoms with Crippen LogP contribution < -0.4 is 0 Å². The molecule has 1 aliphatic heterocycles. The Morgan fingerprint density at radius 3 is 2.93 bits per heavy atom. The summed E-state index contributed by atoms with van der Waals surface area (Å²) in [5.41, 5.74) is 4.48. The maximum Gasteiger partial charge on any atom is 0.0786 e. The molecule has 2 atom stereocenters. The van der Waals surface area contributed by atoms with Gasteiger partial charge in [0.2, 0.25) is 0 Å². The number of aryl methyl sites for hydroxylation is 1.